The van der Waals surface area contributed by atoms with Crippen molar-refractivity contribution < 1.29 is 23.8 Å². The molecule has 0 radical (unpaired) electrons. The molecule has 0 saturated carbocycles. The number of para-hydroxylation sites is 1. The summed E-state index contributed by atoms with van der Waals surface area (Å²) in [6, 6.07) is 11.0. The van der Waals surface area contributed by atoms with Gasteiger partial charge in [0.15, 0.2) is 17.3 Å². The van der Waals surface area contributed by atoms with Crippen molar-refractivity contribution >= 4 is 12.0 Å². The minimum Gasteiger partial charge on any atom is -0.478 e. The molecule has 2 aromatic heterocycles. The summed E-state index contributed by atoms with van der Waals surface area (Å²) in [4.78, 5) is 17.8. The van der Waals surface area contributed by atoms with E-state index in [0.717, 1.165) is 61.2 Å². The predicted octanol–water partition coefficient (Wildman–Crippen LogP) is 5.11. The van der Waals surface area contributed by atoms with Crippen molar-refractivity contribution in [3.05, 3.63) is 94.8 Å². The number of nitrogens with zero attached hydrogens (tertiary/aromatic N) is 6. The standard InChI is InChI=1S/C32H35FN6O4/c1-4-38-20-34-17-23(38)18-39-28(10-11-30(40)41)35-36-29(39)19-37-14-12-22(13-15-37)24-6-5-7-27-31(24)43-32(3,42-27)25-9-8-21(2)16-26(25)33/h5-11,16-17,20,22H,4,12-15,18-19H2,1-3H3,(H,40,41)/b11-10+. The van der Waals surface area contributed by atoms with E-state index in [9.17, 15) is 9.18 Å². The Morgan fingerprint density at radius 1 is 1.16 bits per heavy atom. The monoisotopic (exact) mass is 586 g/mol. The van der Waals surface area contributed by atoms with E-state index < -0.39 is 11.8 Å². The summed E-state index contributed by atoms with van der Waals surface area (Å²) in [7, 11) is 0. The van der Waals surface area contributed by atoms with Crippen LogP contribution >= 0.6 is 0 Å². The highest BCUT2D eigenvalue weighted by molar-refractivity contribution is 5.84. The van der Waals surface area contributed by atoms with Crippen LogP contribution in [0.1, 0.15) is 66.6 Å². The quantitative estimate of drug-likeness (QED) is 0.270. The second-order valence-corrected chi connectivity index (χ2v) is 11.3. The van der Waals surface area contributed by atoms with E-state index in [4.69, 9.17) is 14.6 Å². The number of carboxylic acid groups (broad SMARTS) is 1. The third-order valence-electron chi connectivity index (χ3n) is 8.31. The maximum atomic E-state index is 14.9. The van der Waals surface area contributed by atoms with Crippen molar-refractivity contribution in [2.24, 2.45) is 0 Å². The summed E-state index contributed by atoms with van der Waals surface area (Å²) < 4.78 is 31.5. The van der Waals surface area contributed by atoms with Gasteiger partial charge in [0.1, 0.15) is 11.6 Å². The van der Waals surface area contributed by atoms with Crippen molar-refractivity contribution in [3.8, 4) is 11.5 Å². The summed E-state index contributed by atoms with van der Waals surface area (Å²) in [5, 5.41) is 17.9. The first-order chi connectivity index (χ1) is 20.7. The molecule has 0 spiro atoms. The third-order valence-corrected chi connectivity index (χ3v) is 8.31. The fourth-order valence-corrected chi connectivity index (χ4v) is 6.00. The van der Waals surface area contributed by atoms with Gasteiger partial charge in [-0.3, -0.25) is 4.90 Å². The molecule has 43 heavy (non-hydrogen) atoms. The molecule has 10 nitrogen and oxygen atoms in total. The lowest BCUT2D eigenvalue weighted by molar-refractivity contribution is -0.131. The molecule has 1 fully saturated rings. The number of halogens is 1. The Morgan fingerprint density at radius 3 is 2.72 bits per heavy atom. The number of fused-ring (bicyclic) bond motifs is 1. The van der Waals surface area contributed by atoms with Gasteiger partial charge >= 0.3 is 5.97 Å². The van der Waals surface area contributed by atoms with Gasteiger partial charge in [-0.25, -0.2) is 14.2 Å². The highest BCUT2D eigenvalue weighted by Gasteiger charge is 2.42. The molecule has 224 valence electrons. The molecule has 1 saturated heterocycles. The van der Waals surface area contributed by atoms with Crippen molar-refractivity contribution in [2.75, 3.05) is 13.1 Å². The van der Waals surface area contributed by atoms with Crippen molar-refractivity contribution in [2.45, 2.75) is 65.0 Å². The molecule has 4 heterocycles. The first-order valence-corrected chi connectivity index (χ1v) is 14.6. The van der Waals surface area contributed by atoms with Gasteiger partial charge < -0.3 is 23.7 Å². The maximum Gasteiger partial charge on any atom is 0.328 e. The molecule has 4 aromatic rings. The fraction of sp³-hybridized carbons (Fsp3) is 0.375. The van der Waals surface area contributed by atoms with Gasteiger partial charge in [0, 0.05) is 31.3 Å². The largest absolute Gasteiger partial charge is 0.478 e. The number of piperidine rings is 1. The third kappa shape index (κ3) is 5.77. The lowest BCUT2D eigenvalue weighted by Gasteiger charge is -2.32. The number of rotatable bonds is 9. The van der Waals surface area contributed by atoms with Gasteiger partial charge in [-0.1, -0.05) is 18.2 Å². The van der Waals surface area contributed by atoms with Gasteiger partial charge in [-0.15, -0.1) is 10.2 Å². The molecule has 0 bridgehead atoms. The van der Waals surface area contributed by atoms with Crippen molar-refractivity contribution in [1.82, 2.24) is 29.2 Å². The summed E-state index contributed by atoms with van der Waals surface area (Å²) in [6.45, 7) is 9.17. The van der Waals surface area contributed by atoms with E-state index in [1.165, 1.54) is 12.1 Å². The van der Waals surface area contributed by atoms with E-state index in [0.29, 0.717) is 36.0 Å². The first-order valence-electron chi connectivity index (χ1n) is 14.6. The Balaban J connectivity index is 1.17. The van der Waals surface area contributed by atoms with Crippen LogP contribution in [0.25, 0.3) is 6.08 Å². The number of imidazole rings is 1. The zero-order valence-electron chi connectivity index (χ0n) is 24.5. The topological polar surface area (TPSA) is 108 Å². The fourth-order valence-electron chi connectivity index (χ4n) is 6.00. The smallest absolute Gasteiger partial charge is 0.328 e. The summed E-state index contributed by atoms with van der Waals surface area (Å²) in [5.41, 5.74) is 3.28. The molecule has 2 aliphatic rings. The van der Waals surface area contributed by atoms with Crippen molar-refractivity contribution in [1.29, 1.82) is 0 Å². The average Bonchev–Trinajstić information content (AvgIpc) is 3.69. The number of carbonyl (C=O) groups is 1. The Bertz CT molecular complexity index is 1670. The summed E-state index contributed by atoms with van der Waals surface area (Å²) >= 11 is 0. The number of aliphatic carboxylic acids is 1. The second kappa shape index (κ2) is 11.6. The zero-order valence-corrected chi connectivity index (χ0v) is 24.5. The molecule has 6 rings (SSSR count). The normalized spacial score (nSPS) is 19.0. The minimum absolute atomic E-state index is 0.255. The number of likely N-dealkylation sites (tertiary alicyclic amines) is 1. The van der Waals surface area contributed by atoms with Crippen LogP contribution in [0.2, 0.25) is 0 Å². The lowest BCUT2D eigenvalue weighted by Crippen LogP contribution is -2.34. The molecule has 2 aromatic carbocycles. The molecule has 0 aliphatic carbocycles. The molecule has 0 amide bonds. The maximum absolute atomic E-state index is 14.9. The first kappa shape index (κ1) is 28.6. The van der Waals surface area contributed by atoms with Crippen LogP contribution in [0.15, 0.2) is 55.0 Å². The van der Waals surface area contributed by atoms with E-state index in [1.807, 2.05) is 47.4 Å². The van der Waals surface area contributed by atoms with Crippen LogP contribution in [0, 0.1) is 12.7 Å². The van der Waals surface area contributed by atoms with E-state index in [2.05, 4.69) is 26.1 Å². The molecule has 1 unspecified atom stereocenters. The van der Waals surface area contributed by atoms with Crippen LogP contribution in [-0.2, 0) is 30.2 Å². The molecular weight excluding hydrogens is 551 g/mol. The van der Waals surface area contributed by atoms with E-state index in [1.54, 1.807) is 19.3 Å². The molecule has 1 N–H and O–H groups in total. The number of hydrogen-bond acceptors (Lipinski definition) is 7. The van der Waals surface area contributed by atoms with Gasteiger partial charge in [-0.2, -0.15) is 0 Å². The van der Waals surface area contributed by atoms with Crippen LogP contribution < -0.4 is 9.47 Å². The van der Waals surface area contributed by atoms with Crippen LogP contribution in [0.4, 0.5) is 4.39 Å². The number of hydrogen-bond donors (Lipinski definition) is 1. The Kier molecular flexibility index (Phi) is 7.74. The average molecular weight is 587 g/mol. The second-order valence-electron chi connectivity index (χ2n) is 11.3. The Morgan fingerprint density at radius 2 is 1.98 bits per heavy atom. The highest BCUT2D eigenvalue weighted by Crippen LogP contribution is 2.49. The van der Waals surface area contributed by atoms with Gasteiger partial charge in [-0.05, 0) is 75.5 Å². The van der Waals surface area contributed by atoms with Crippen LogP contribution in [0.5, 0.6) is 11.5 Å². The molecule has 1 atom stereocenters. The molecule has 11 heteroatoms. The Hall–Kier alpha value is -4.51. The van der Waals surface area contributed by atoms with Crippen LogP contribution in [0.3, 0.4) is 0 Å². The van der Waals surface area contributed by atoms with Gasteiger partial charge in [0.2, 0.25) is 0 Å². The number of ether oxygens (including phenoxy) is 2. The number of carboxylic acids is 1. The SMILES string of the molecule is CCn1cncc1Cn1c(/C=C/C(=O)O)nnc1CN1CCC(c2cccc3c2OC(C)(c2ccc(C)cc2F)O3)CC1. The number of benzene rings is 2. The predicted molar refractivity (Wildman–Crippen MR) is 157 cm³/mol. The van der Waals surface area contributed by atoms with E-state index in [-0.39, 0.29) is 11.7 Å². The summed E-state index contributed by atoms with van der Waals surface area (Å²) in [6.07, 6.45) is 7.95. The van der Waals surface area contributed by atoms with E-state index >= 15 is 0 Å². The lowest BCUT2D eigenvalue weighted by atomic mass is 9.88. The van der Waals surface area contributed by atoms with Gasteiger partial charge in [0.25, 0.3) is 5.79 Å². The highest BCUT2D eigenvalue weighted by atomic mass is 19.1. The van der Waals surface area contributed by atoms with Crippen LogP contribution in [-0.4, -0.2) is 53.4 Å². The molecular formula is C32H35FN6O4. The van der Waals surface area contributed by atoms with Crippen molar-refractivity contribution in [3.63, 3.8) is 0 Å². The minimum atomic E-state index is -1.24. The number of aryl methyl sites for hydroxylation is 2. The zero-order chi connectivity index (χ0) is 30.1. The Labute approximate surface area is 249 Å². The summed E-state index contributed by atoms with van der Waals surface area (Å²) in [5.74, 6) is 0.199. The number of aromatic nitrogens is 5. The van der Waals surface area contributed by atoms with Gasteiger partial charge in [0.05, 0.1) is 30.7 Å². The molecule has 2 aliphatic heterocycles.